The number of pyridine rings is 1. The zero-order chi connectivity index (χ0) is 24.9. The highest BCUT2D eigenvalue weighted by Gasteiger charge is 2.42. The van der Waals surface area contributed by atoms with Gasteiger partial charge in [-0.15, -0.1) is 0 Å². The van der Waals surface area contributed by atoms with Gasteiger partial charge in [0.2, 0.25) is 11.8 Å². The smallest absolute Gasteiger partial charge is 0.243 e. The molecule has 2 aromatic heterocycles. The summed E-state index contributed by atoms with van der Waals surface area (Å²) in [4.78, 5) is 37.1. The van der Waals surface area contributed by atoms with Crippen molar-refractivity contribution in [1.29, 1.82) is 0 Å². The second kappa shape index (κ2) is 11.8. The van der Waals surface area contributed by atoms with Crippen molar-refractivity contribution >= 4 is 22.8 Å². The van der Waals surface area contributed by atoms with Gasteiger partial charge < -0.3 is 15.6 Å². The Morgan fingerprint density at radius 1 is 1.03 bits per heavy atom. The predicted octanol–water partition coefficient (Wildman–Crippen LogP) is 4.53. The van der Waals surface area contributed by atoms with Crippen LogP contribution in [-0.2, 0) is 16.1 Å². The molecule has 2 saturated carbocycles. The summed E-state index contributed by atoms with van der Waals surface area (Å²) < 4.78 is 0. The van der Waals surface area contributed by atoms with Crippen LogP contribution in [0.25, 0.3) is 11.0 Å². The first-order valence-corrected chi connectivity index (χ1v) is 14.3. The number of fused-ring (bicyclic) bond motifs is 1. The summed E-state index contributed by atoms with van der Waals surface area (Å²) in [5.41, 5.74) is 1.83. The molecule has 2 aliphatic carbocycles. The first-order valence-electron chi connectivity index (χ1n) is 14.3. The highest BCUT2D eigenvalue weighted by atomic mass is 16.2. The molecule has 2 aromatic rings. The van der Waals surface area contributed by atoms with E-state index in [0.29, 0.717) is 18.4 Å². The normalized spacial score (nSPS) is 23.2. The van der Waals surface area contributed by atoms with Crippen LogP contribution in [0.5, 0.6) is 0 Å². The summed E-state index contributed by atoms with van der Waals surface area (Å²) in [7, 11) is 2.02. The molecule has 3 aliphatic rings. The van der Waals surface area contributed by atoms with Gasteiger partial charge in [0, 0.05) is 24.3 Å². The van der Waals surface area contributed by atoms with E-state index < -0.39 is 6.04 Å². The monoisotopic (exact) mass is 493 g/mol. The van der Waals surface area contributed by atoms with Gasteiger partial charge in [0.15, 0.2) is 0 Å². The van der Waals surface area contributed by atoms with Crippen LogP contribution in [0.1, 0.15) is 82.6 Å². The number of likely N-dealkylation sites (N-methyl/N-ethyl adjacent to an activating group) is 1. The number of hydrogen-bond donors (Lipinski definition) is 3. The van der Waals surface area contributed by atoms with Crippen molar-refractivity contribution in [2.24, 2.45) is 17.8 Å². The van der Waals surface area contributed by atoms with E-state index in [2.05, 4.69) is 31.6 Å². The lowest BCUT2D eigenvalue weighted by Crippen LogP contribution is -2.57. The number of aromatic amines is 1. The van der Waals surface area contributed by atoms with Crippen molar-refractivity contribution in [3.8, 4) is 0 Å². The molecular formula is C29H43N5O2. The van der Waals surface area contributed by atoms with Crippen LogP contribution >= 0.6 is 0 Å². The van der Waals surface area contributed by atoms with E-state index in [0.717, 1.165) is 36.0 Å². The van der Waals surface area contributed by atoms with Crippen molar-refractivity contribution in [2.45, 2.75) is 95.7 Å². The van der Waals surface area contributed by atoms with Crippen LogP contribution in [0.2, 0.25) is 0 Å². The third-order valence-electron chi connectivity index (χ3n) is 9.10. The average Bonchev–Trinajstić information content (AvgIpc) is 3.56. The molecule has 1 saturated heterocycles. The molecule has 3 heterocycles. The Kier molecular flexibility index (Phi) is 8.25. The standard InChI is InChI=1S/C29H43N5O2/c1-34-16-8-13-24(34)28(35)33-26(25(21-9-4-2-5-10-21)22-11-6-3-7-12-22)29(36)32-19-20-17-23-14-15-30-27(23)31-18-20/h14-15,17-18,21-22,24-26H,2-13,16,19H2,1H3,(H,30,31)(H,32,36)(H,33,35)/t24-,26+/m0/s1. The molecule has 2 amide bonds. The fourth-order valence-corrected chi connectivity index (χ4v) is 7.18. The van der Waals surface area contributed by atoms with Crippen molar-refractivity contribution in [3.05, 3.63) is 30.1 Å². The average molecular weight is 494 g/mol. The predicted molar refractivity (Wildman–Crippen MR) is 142 cm³/mol. The largest absolute Gasteiger partial charge is 0.350 e. The Morgan fingerprint density at radius 2 is 1.72 bits per heavy atom. The van der Waals surface area contributed by atoms with Gasteiger partial charge in [-0.25, -0.2) is 4.98 Å². The van der Waals surface area contributed by atoms with E-state index in [-0.39, 0.29) is 23.8 Å². The number of rotatable bonds is 8. The lowest BCUT2D eigenvalue weighted by atomic mass is 9.66. The lowest BCUT2D eigenvalue weighted by Gasteiger charge is -2.42. The summed E-state index contributed by atoms with van der Waals surface area (Å²) in [6.07, 6.45) is 17.9. The quantitative estimate of drug-likeness (QED) is 0.504. The van der Waals surface area contributed by atoms with Gasteiger partial charge in [0.25, 0.3) is 0 Å². The van der Waals surface area contributed by atoms with Gasteiger partial charge in [-0.1, -0.05) is 64.2 Å². The zero-order valence-electron chi connectivity index (χ0n) is 21.8. The Bertz CT molecular complexity index is 1010. The fourth-order valence-electron chi connectivity index (χ4n) is 7.18. The first-order chi connectivity index (χ1) is 17.6. The summed E-state index contributed by atoms with van der Waals surface area (Å²) >= 11 is 0. The molecule has 0 aromatic carbocycles. The first kappa shape index (κ1) is 25.2. The van der Waals surface area contributed by atoms with Crippen LogP contribution in [0.3, 0.4) is 0 Å². The molecule has 1 aliphatic heterocycles. The number of carbonyl (C=O) groups excluding carboxylic acids is 2. The summed E-state index contributed by atoms with van der Waals surface area (Å²) in [5, 5.41) is 7.58. The lowest BCUT2D eigenvalue weighted by molar-refractivity contribution is -0.134. The van der Waals surface area contributed by atoms with Gasteiger partial charge >= 0.3 is 0 Å². The minimum absolute atomic E-state index is 0.0284. The molecule has 3 N–H and O–H groups in total. The van der Waals surface area contributed by atoms with Gasteiger partial charge in [0.1, 0.15) is 11.7 Å². The minimum atomic E-state index is -0.471. The third-order valence-corrected chi connectivity index (χ3v) is 9.10. The van der Waals surface area contributed by atoms with Crippen LogP contribution in [0.15, 0.2) is 24.5 Å². The number of likely N-dealkylation sites (tertiary alicyclic amines) is 1. The number of amides is 2. The van der Waals surface area contributed by atoms with Crippen LogP contribution in [0.4, 0.5) is 0 Å². The number of hydrogen-bond acceptors (Lipinski definition) is 4. The van der Waals surface area contributed by atoms with E-state index in [1.807, 2.05) is 25.5 Å². The Hall–Kier alpha value is -2.41. The topological polar surface area (TPSA) is 90.1 Å². The van der Waals surface area contributed by atoms with Gasteiger partial charge in [-0.3, -0.25) is 14.5 Å². The van der Waals surface area contributed by atoms with Crippen LogP contribution < -0.4 is 10.6 Å². The highest BCUT2D eigenvalue weighted by Crippen LogP contribution is 2.42. The summed E-state index contributed by atoms with van der Waals surface area (Å²) in [6.45, 7) is 1.36. The summed E-state index contributed by atoms with van der Waals surface area (Å²) in [5.74, 6) is 1.24. The van der Waals surface area contributed by atoms with Gasteiger partial charge in [-0.05, 0) is 61.9 Å². The second-order valence-corrected chi connectivity index (χ2v) is 11.5. The SMILES string of the molecule is CN1CCC[C@H]1C(=O)N[C@@H](C(=O)NCc1cnc2[nH]ccc2c1)C(C1CCCCC1)C1CCCCC1. The Morgan fingerprint density at radius 3 is 2.36 bits per heavy atom. The third kappa shape index (κ3) is 5.77. The van der Waals surface area contributed by atoms with Crippen LogP contribution in [0, 0.1) is 17.8 Å². The van der Waals surface area contributed by atoms with Crippen LogP contribution in [-0.4, -0.2) is 52.4 Å². The van der Waals surface area contributed by atoms with Crippen molar-refractivity contribution in [3.63, 3.8) is 0 Å². The van der Waals surface area contributed by atoms with E-state index in [9.17, 15) is 9.59 Å². The number of carbonyl (C=O) groups is 2. The van der Waals surface area contributed by atoms with Crippen molar-refractivity contribution in [1.82, 2.24) is 25.5 Å². The van der Waals surface area contributed by atoms with E-state index in [1.165, 1.54) is 64.2 Å². The van der Waals surface area contributed by atoms with E-state index >= 15 is 0 Å². The molecule has 7 heteroatoms. The molecule has 0 radical (unpaired) electrons. The fraction of sp³-hybridized carbons (Fsp3) is 0.690. The molecule has 3 fully saturated rings. The van der Waals surface area contributed by atoms with E-state index in [4.69, 9.17) is 0 Å². The maximum Gasteiger partial charge on any atom is 0.243 e. The minimum Gasteiger partial charge on any atom is -0.350 e. The molecule has 0 bridgehead atoms. The molecule has 196 valence electrons. The Labute approximate surface area is 215 Å². The number of aromatic nitrogens is 2. The molecule has 2 atom stereocenters. The number of nitrogens with zero attached hydrogens (tertiary/aromatic N) is 2. The molecular weight excluding hydrogens is 450 g/mol. The van der Waals surface area contributed by atoms with Gasteiger partial charge in [-0.2, -0.15) is 0 Å². The van der Waals surface area contributed by atoms with Crippen molar-refractivity contribution in [2.75, 3.05) is 13.6 Å². The summed E-state index contributed by atoms with van der Waals surface area (Å²) in [6, 6.07) is 3.47. The van der Waals surface area contributed by atoms with Gasteiger partial charge in [0.05, 0.1) is 6.04 Å². The zero-order valence-corrected chi connectivity index (χ0v) is 21.8. The number of nitrogens with one attached hydrogen (secondary N) is 3. The molecule has 0 spiro atoms. The maximum atomic E-state index is 13.9. The highest BCUT2D eigenvalue weighted by molar-refractivity contribution is 5.90. The molecule has 0 unspecified atom stereocenters. The molecule has 7 nitrogen and oxygen atoms in total. The maximum absolute atomic E-state index is 13.9. The van der Waals surface area contributed by atoms with Crippen molar-refractivity contribution < 1.29 is 9.59 Å². The number of H-pyrrole nitrogens is 1. The Balaban J connectivity index is 1.37. The second-order valence-electron chi connectivity index (χ2n) is 11.5. The molecule has 36 heavy (non-hydrogen) atoms. The van der Waals surface area contributed by atoms with E-state index in [1.54, 1.807) is 0 Å². The molecule has 5 rings (SSSR count).